The zero-order valence-electron chi connectivity index (χ0n) is 11.0. The van der Waals surface area contributed by atoms with Gasteiger partial charge in [0.05, 0.1) is 11.6 Å². The van der Waals surface area contributed by atoms with Gasteiger partial charge in [0.25, 0.3) is 0 Å². The van der Waals surface area contributed by atoms with E-state index in [0.717, 1.165) is 21.3 Å². The summed E-state index contributed by atoms with van der Waals surface area (Å²) in [5.41, 5.74) is 7.54. The van der Waals surface area contributed by atoms with Crippen LogP contribution in [0.25, 0.3) is 0 Å². The fourth-order valence-electron chi connectivity index (χ4n) is 1.83. The number of nitrogens with two attached hydrogens (primary N) is 1. The molecule has 0 saturated heterocycles. The van der Waals surface area contributed by atoms with Crippen molar-refractivity contribution in [2.45, 2.75) is 13.2 Å². The molecule has 0 atom stereocenters. The van der Waals surface area contributed by atoms with Crippen LogP contribution in [-0.4, -0.2) is 7.11 Å². The Kier molecular flexibility index (Phi) is 5.29. The van der Waals surface area contributed by atoms with Crippen LogP contribution in [0.3, 0.4) is 0 Å². The summed E-state index contributed by atoms with van der Waals surface area (Å²) in [6.45, 7) is 0.789. The van der Waals surface area contributed by atoms with E-state index in [0.29, 0.717) is 23.9 Å². The van der Waals surface area contributed by atoms with Gasteiger partial charge in [-0.05, 0) is 45.8 Å². The molecule has 0 radical (unpaired) electrons. The summed E-state index contributed by atoms with van der Waals surface area (Å²) in [4.78, 5) is 0. The number of hydrogen-bond donors (Lipinski definition) is 1. The van der Waals surface area contributed by atoms with Gasteiger partial charge in [-0.15, -0.1) is 0 Å². The monoisotopic (exact) mass is 355 g/mol. The van der Waals surface area contributed by atoms with E-state index < -0.39 is 0 Å². The number of methoxy groups -OCH3 is 1. The molecule has 0 unspecified atom stereocenters. The van der Waals surface area contributed by atoms with Gasteiger partial charge in [0.1, 0.15) is 18.1 Å². The van der Waals surface area contributed by atoms with Crippen LogP contribution in [0.5, 0.6) is 11.5 Å². The summed E-state index contributed by atoms with van der Waals surface area (Å²) < 4.78 is 11.9. The van der Waals surface area contributed by atoms with Crippen molar-refractivity contribution in [1.82, 2.24) is 0 Å². The molecule has 0 heterocycles. The first-order chi connectivity index (χ1) is 9.65. The highest BCUT2D eigenvalue weighted by molar-refractivity contribution is 9.10. The van der Waals surface area contributed by atoms with E-state index in [-0.39, 0.29) is 0 Å². The third-order valence-corrected chi connectivity index (χ3v) is 3.86. The fraction of sp³-hybridized carbons (Fsp3) is 0.200. The Morgan fingerprint density at radius 1 is 1.20 bits per heavy atom. The summed E-state index contributed by atoms with van der Waals surface area (Å²) in [6.07, 6.45) is 0. The summed E-state index contributed by atoms with van der Waals surface area (Å²) in [7, 11) is 1.63. The Morgan fingerprint density at radius 2 is 2.00 bits per heavy atom. The average Bonchev–Trinajstić information content (AvgIpc) is 2.45. The maximum Gasteiger partial charge on any atom is 0.133 e. The first-order valence-electron chi connectivity index (χ1n) is 6.08. The van der Waals surface area contributed by atoms with E-state index in [1.54, 1.807) is 13.2 Å². The molecule has 0 bridgehead atoms. The van der Waals surface area contributed by atoms with Crippen LogP contribution in [0, 0.1) is 0 Å². The molecule has 0 fully saturated rings. The Balaban J connectivity index is 2.13. The van der Waals surface area contributed by atoms with Crippen molar-refractivity contribution in [2.75, 3.05) is 7.11 Å². The van der Waals surface area contributed by atoms with Gasteiger partial charge in [0.2, 0.25) is 0 Å². The number of rotatable bonds is 5. The largest absolute Gasteiger partial charge is 0.496 e. The van der Waals surface area contributed by atoms with Gasteiger partial charge in [-0.2, -0.15) is 0 Å². The molecule has 20 heavy (non-hydrogen) atoms. The fourth-order valence-corrected chi connectivity index (χ4v) is 2.66. The predicted octanol–water partition coefficient (Wildman–Crippen LogP) is 4.15. The molecule has 106 valence electrons. The van der Waals surface area contributed by atoms with Crippen LogP contribution >= 0.6 is 27.5 Å². The first kappa shape index (κ1) is 15.2. The first-order valence-corrected chi connectivity index (χ1v) is 7.25. The molecule has 3 nitrogen and oxygen atoms in total. The molecule has 0 spiro atoms. The Morgan fingerprint density at radius 3 is 2.65 bits per heavy atom. The summed E-state index contributed by atoms with van der Waals surface area (Å²) in [5.74, 6) is 1.51. The predicted molar refractivity (Wildman–Crippen MR) is 84.4 cm³/mol. The van der Waals surface area contributed by atoms with Crippen molar-refractivity contribution in [3.05, 3.63) is 57.0 Å². The lowest BCUT2D eigenvalue weighted by atomic mass is 10.2. The van der Waals surface area contributed by atoms with Crippen molar-refractivity contribution in [3.8, 4) is 11.5 Å². The molecule has 0 amide bonds. The van der Waals surface area contributed by atoms with E-state index in [9.17, 15) is 0 Å². The molecule has 2 aromatic rings. The van der Waals surface area contributed by atoms with Crippen LogP contribution in [0.15, 0.2) is 40.9 Å². The molecule has 0 saturated carbocycles. The smallest absolute Gasteiger partial charge is 0.133 e. The lowest BCUT2D eigenvalue weighted by Gasteiger charge is -2.12. The van der Waals surface area contributed by atoms with E-state index in [4.69, 9.17) is 26.8 Å². The summed E-state index contributed by atoms with van der Waals surface area (Å²) in [6, 6.07) is 11.3. The lowest BCUT2D eigenvalue weighted by Crippen LogP contribution is -2.03. The highest BCUT2D eigenvalue weighted by Gasteiger charge is 2.07. The van der Waals surface area contributed by atoms with Gasteiger partial charge >= 0.3 is 0 Å². The maximum absolute atomic E-state index is 6.09. The average molecular weight is 357 g/mol. The molecule has 2 N–H and O–H groups in total. The zero-order valence-corrected chi connectivity index (χ0v) is 13.4. The van der Waals surface area contributed by atoms with Gasteiger partial charge in [0, 0.05) is 17.1 Å². The van der Waals surface area contributed by atoms with Crippen molar-refractivity contribution in [2.24, 2.45) is 5.73 Å². The number of ether oxygens (including phenoxy) is 2. The van der Waals surface area contributed by atoms with Crippen molar-refractivity contribution >= 4 is 27.5 Å². The maximum atomic E-state index is 6.09. The highest BCUT2D eigenvalue weighted by Crippen LogP contribution is 2.28. The molecule has 0 aromatic heterocycles. The molecule has 0 aliphatic heterocycles. The zero-order chi connectivity index (χ0) is 14.5. The van der Waals surface area contributed by atoms with Crippen LogP contribution < -0.4 is 15.2 Å². The van der Waals surface area contributed by atoms with E-state index >= 15 is 0 Å². The van der Waals surface area contributed by atoms with Gasteiger partial charge < -0.3 is 15.2 Å². The Labute approximate surface area is 131 Å². The van der Waals surface area contributed by atoms with Crippen LogP contribution in [0.2, 0.25) is 5.02 Å². The molecule has 0 aliphatic carbocycles. The van der Waals surface area contributed by atoms with E-state index in [2.05, 4.69) is 15.9 Å². The minimum atomic E-state index is 0.349. The van der Waals surface area contributed by atoms with Crippen molar-refractivity contribution in [3.63, 3.8) is 0 Å². The third-order valence-electron chi connectivity index (χ3n) is 2.89. The second-order valence-electron chi connectivity index (χ2n) is 4.18. The standard InChI is InChI=1S/C15H15BrClNO2/c1-19-15-6-5-10(7-12(15)16)9-20-14-4-2-3-13(17)11(14)8-18/h2-7H,8-9,18H2,1H3. The van der Waals surface area contributed by atoms with Crippen LogP contribution in [-0.2, 0) is 13.2 Å². The van der Waals surface area contributed by atoms with Gasteiger partial charge in [-0.25, -0.2) is 0 Å². The second kappa shape index (κ2) is 6.97. The minimum Gasteiger partial charge on any atom is -0.496 e. The summed E-state index contributed by atoms with van der Waals surface area (Å²) >= 11 is 9.54. The quantitative estimate of drug-likeness (QED) is 0.875. The highest BCUT2D eigenvalue weighted by atomic mass is 79.9. The molecule has 5 heteroatoms. The third kappa shape index (κ3) is 3.45. The van der Waals surface area contributed by atoms with Gasteiger partial charge in [-0.3, -0.25) is 0 Å². The van der Waals surface area contributed by atoms with Crippen molar-refractivity contribution < 1.29 is 9.47 Å². The lowest BCUT2D eigenvalue weighted by molar-refractivity contribution is 0.302. The molecule has 2 rings (SSSR count). The normalized spacial score (nSPS) is 10.4. The van der Waals surface area contributed by atoms with Crippen LogP contribution in [0.1, 0.15) is 11.1 Å². The van der Waals surface area contributed by atoms with Gasteiger partial charge in [0.15, 0.2) is 0 Å². The second-order valence-corrected chi connectivity index (χ2v) is 5.44. The van der Waals surface area contributed by atoms with E-state index in [1.807, 2.05) is 30.3 Å². The molecule has 0 aliphatic rings. The van der Waals surface area contributed by atoms with E-state index in [1.165, 1.54) is 0 Å². The number of halogens is 2. The Hall–Kier alpha value is -1.23. The van der Waals surface area contributed by atoms with Gasteiger partial charge in [-0.1, -0.05) is 23.7 Å². The molecular formula is C15H15BrClNO2. The minimum absolute atomic E-state index is 0.349. The molecule has 2 aromatic carbocycles. The summed E-state index contributed by atoms with van der Waals surface area (Å²) in [5, 5.41) is 0.626. The number of hydrogen-bond acceptors (Lipinski definition) is 3. The SMILES string of the molecule is COc1ccc(COc2cccc(Cl)c2CN)cc1Br. The Bertz CT molecular complexity index is 604. The topological polar surface area (TPSA) is 44.5 Å². The number of benzene rings is 2. The molecular weight excluding hydrogens is 342 g/mol. The van der Waals surface area contributed by atoms with Crippen molar-refractivity contribution in [1.29, 1.82) is 0 Å². The van der Waals surface area contributed by atoms with Crippen LogP contribution in [0.4, 0.5) is 0 Å².